The monoisotopic (exact) mass is 270 g/mol. The predicted molar refractivity (Wildman–Crippen MR) is 75.1 cm³/mol. The number of hydrogen-bond acceptors (Lipinski definition) is 4. The first kappa shape index (κ1) is 13.7. The zero-order valence-corrected chi connectivity index (χ0v) is 10.8. The van der Waals surface area contributed by atoms with Gasteiger partial charge in [0.15, 0.2) is 0 Å². The average Bonchev–Trinajstić information content (AvgIpc) is 2.46. The molecule has 0 fully saturated rings. The van der Waals surface area contributed by atoms with Gasteiger partial charge < -0.3 is 9.84 Å². The van der Waals surface area contributed by atoms with E-state index in [9.17, 15) is 4.79 Å². The molecule has 0 saturated carbocycles. The molecule has 0 atom stereocenters. The molecule has 0 saturated heterocycles. The van der Waals surface area contributed by atoms with Crippen molar-refractivity contribution in [3.63, 3.8) is 0 Å². The molecule has 2 aromatic rings. The molecule has 102 valence electrons. The second-order valence-electron chi connectivity index (χ2n) is 4.03. The number of hydrogen-bond donors (Lipinski definition) is 1. The Labute approximate surface area is 116 Å². The fourth-order valence-corrected chi connectivity index (χ4v) is 1.55. The van der Waals surface area contributed by atoms with Gasteiger partial charge in [-0.1, -0.05) is 18.2 Å². The molecule has 20 heavy (non-hydrogen) atoms. The maximum absolute atomic E-state index is 10.4. The lowest BCUT2D eigenvalue weighted by Gasteiger charge is -2.04. The van der Waals surface area contributed by atoms with E-state index in [0.717, 1.165) is 11.3 Å². The van der Waals surface area contributed by atoms with Gasteiger partial charge in [-0.2, -0.15) is 0 Å². The highest BCUT2D eigenvalue weighted by atomic mass is 16.5. The van der Waals surface area contributed by atoms with Crippen LogP contribution in [0.4, 0.5) is 0 Å². The van der Waals surface area contributed by atoms with Gasteiger partial charge in [0.1, 0.15) is 12.1 Å². The maximum atomic E-state index is 10.4. The lowest BCUT2D eigenvalue weighted by molar-refractivity contribution is -0.137. The van der Waals surface area contributed by atoms with Crippen molar-refractivity contribution < 1.29 is 14.6 Å². The van der Waals surface area contributed by atoms with Crippen molar-refractivity contribution >= 4 is 18.1 Å². The third kappa shape index (κ3) is 4.53. The van der Waals surface area contributed by atoms with Crippen molar-refractivity contribution in [1.29, 1.82) is 0 Å². The van der Waals surface area contributed by atoms with Crippen molar-refractivity contribution in [3.05, 3.63) is 54.1 Å². The van der Waals surface area contributed by atoms with Gasteiger partial charge in [0, 0.05) is 6.20 Å². The van der Waals surface area contributed by atoms with Crippen LogP contribution in [0, 0.1) is 0 Å². The third-order valence-electron chi connectivity index (χ3n) is 2.49. The van der Waals surface area contributed by atoms with Crippen LogP contribution < -0.4 is 4.74 Å². The molecule has 0 radical (unpaired) electrons. The Kier molecular flexibility index (Phi) is 4.83. The number of aromatic nitrogens is 2. The first-order valence-electron chi connectivity index (χ1n) is 6.13. The van der Waals surface area contributed by atoms with Crippen molar-refractivity contribution in [3.8, 4) is 5.75 Å². The maximum Gasteiger partial charge on any atom is 0.306 e. The van der Waals surface area contributed by atoms with E-state index in [1.54, 1.807) is 12.3 Å². The smallest absolute Gasteiger partial charge is 0.306 e. The molecule has 0 aliphatic rings. The van der Waals surface area contributed by atoms with E-state index in [1.165, 1.54) is 6.33 Å². The number of carboxylic acids is 1. The second kappa shape index (κ2) is 7.04. The summed E-state index contributed by atoms with van der Waals surface area (Å²) in [6.07, 6.45) is 6.94. The third-order valence-corrected chi connectivity index (χ3v) is 2.49. The van der Waals surface area contributed by atoms with E-state index < -0.39 is 5.97 Å². The van der Waals surface area contributed by atoms with Crippen LogP contribution in [-0.4, -0.2) is 27.7 Å². The fourth-order valence-electron chi connectivity index (χ4n) is 1.55. The summed E-state index contributed by atoms with van der Waals surface area (Å²) in [4.78, 5) is 18.4. The van der Waals surface area contributed by atoms with Crippen molar-refractivity contribution in [2.24, 2.45) is 0 Å². The Morgan fingerprint density at radius 2 is 2.20 bits per heavy atom. The Morgan fingerprint density at radius 3 is 2.95 bits per heavy atom. The number of aliphatic carboxylic acids is 1. The molecule has 5 nitrogen and oxygen atoms in total. The minimum Gasteiger partial charge on any atom is -0.493 e. The molecule has 0 aliphatic carbocycles. The summed E-state index contributed by atoms with van der Waals surface area (Å²) >= 11 is 0. The zero-order chi connectivity index (χ0) is 14.2. The Bertz CT molecular complexity index is 597. The lowest BCUT2D eigenvalue weighted by Crippen LogP contribution is -2.04. The van der Waals surface area contributed by atoms with Crippen LogP contribution in [0.3, 0.4) is 0 Å². The normalized spacial score (nSPS) is 10.6. The minimum atomic E-state index is -0.871. The Hall–Kier alpha value is -2.69. The molecular weight excluding hydrogens is 256 g/mol. The SMILES string of the molecule is O=C(O)CCOc1cccc(C=Cc2ccncn2)c1. The van der Waals surface area contributed by atoms with Gasteiger partial charge in [-0.3, -0.25) is 4.79 Å². The molecular formula is C15H14N2O3. The van der Waals surface area contributed by atoms with Crippen LogP contribution >= 0.6 is 0 Å². The standard InChI is InChI=1S/C15H14N2O3/c18-15(19)7-9-20-14-3-1-2-12(10-14)4-5-13-6-8-16-11-17-13/h1-6,8,10-11H,7,9H2,(H,18,19). The fraction of sp³-hybridized carbons (Fsp3) is 0.133. The van der Waals surface area contributed by atoms with Crippen LogP contribution in [0.2, 0.25) is 0 Å². The minimum absolute atomic E-state index is 0.0129. The predicted octanol–water partition coefficient (Wildman–Crippen LogP) is 2.50. The van der Waals surface area contributed by atoms with Crippen LogP contribution in [0.1, 0.15) is 17.7 Å². The lowest BCUT2D eigenvalue weighted by atomic mass is 10.2. The van der Waals surface area contributed by atoms with Crippen molar-refractivity contribution in [2.45, 2.75) is 6.42 Å². The highest BCUT2D eigenvalue weighted by Gasteiger charge is 1.99. The highest BCUT2D eigenvalue weighted by molar-refractivity contribution is 5.68. The molecule has 0 bridgehead atoms. The zero-order valence-electron chi connectivity index (χ0n) is 10.8. The van der Waals surface area contributed by atoms with Gasteiger partial charge in [-0.25, -0.2) is 9.97 Å². The van der Waals surface area contributed by atoms with Gasteiger partial charge in [-0.15, -0.1) is 0 Å². The molecule has 5 heteroatoms. The molecule has 1 heterocycles. The molecule has 0 amide bonds. The number of benzene rings is 1. The summed E-state index contributed by atoms with van der Waals surface area (Å²) in [6, 6.07) is 9.24. The molecule has 2 rings (SSSR count). The van der Waals surface area contributed by atoms with Crippen LogP contribution in [0.25, 0.3) is 12.2 Å². The van der Waals surface area contributed by atoms with Gasteiger partial charge in [0.05, 0.1) is 18.7 Å². The largest absolute Gasteiger partial charge is 0.493 e. The number of ether oxygens (including phenoxy) is 1. The van der Waals surface area contributed by atoms with Gasteiger partial charge >= 0.3 is 5.97 Å². The topological polar surface area (TPSA) is 72.3 Å². The van der Waals surface area contributed by atoms with Crippen molar-refractivity contribution in [2.75, 3.05) is 6.61 Å². The summed E-state index contributed by atoms with van der Waals surface area (Å²) in [7, 11) is 0. The first-order valence-corrected chi connectivity index (χ1v) is 6.13. The molecule has 1 N–H and O–H groups in total. The van der Waals surface area contributed by atoms with Gasteiger partial charge in [0.2, 0.25) is 0 Å². The highest BCUT2D eigenvalue weighted by Crippen LogP contribution is 2.15. The number of carboxylic acid groups (broad SMARTS) is 1. The molecule has 0 aliphatic heterocycles. The first-order chi connectivity index (χ1) is 9.74. The number of carbonyl (C=O) groups is 1. The molecule has 0 unspecified atom stereocenters. The van der Waals surface area contributed by atoms with E-state index >= 15 is 0 Å². The molecule has 1 aromatic heterocycles. The van der Waals surface area contributed by atoms with Crippen molar-refractivity contribution in [1.82, 2.24) is 9.97 Å². The van der Waals surface area contributed by atoms with Gasteiger partial charge in [-0.05, 0) is 29.8 Å². The van der Waals surface area contributed by atoms with Gasteiger partial charge in [0.25, 0.3) is 0 Å². The van der Waals surface area contributed by atoms with E-state index in [0.29, 0.717) is 5.75 Å². The summed E-state index contributed by atoms with van der Waals surface area (Å²) < 4.78 is 5.37. The average molecular weight is 270 g/mol. The van der Waals surface area contributed by atoms with Crippen LogP contribution in [0.15, 0.2) is 42.9 Å². The summed E-state index contributed by atoms with van der Waals surface area (Å²) in [5, 5.41) is 8.55. The summed E-state index contributed by atoms with van der Waals surface area (Å²) in [5.74, 6) is -0.221. The summed E-state index contributed by atoms with van der Waals surface area (Å²) in [5.41, 5.74) is 1.77. The summed E-state index contributed by atoms with van der Waals surface area (Å²) in [6.45, 7) is 0.161. The Balaban J connectivity index is 1.99. The Morgan fingerprint density at radius 1 is 1.30 bits per heavy atom. The molecule has 1 aromatic carbocycles. The van der Waals surface area contributed by atoms with Crippen LogP contribution in [-0.2, 0) is 4.79 Å². The van der Waals surface area contributed by atoms with Crippen LogP contribution in [0.5, 0.6) is 5.75 Å². The molecule has 0 spiro atoms. The van der Waals surface area contributed by atoms with E-state index in [-0.39, 0.29) is 13.0 Å². The second-order valence-corrected chi connectivity index (χ2v) is 4.03. The van der Waals surface area contributed by atoms with E-state index in [2.05, 4.69) is 9.97 Å². The van der Waals surface area contributed by atoms with E-state index in [4.69, 9.17) is 9.84 Å². The quantitative estimate of drug-likeness (QED) is 0.873. The number of rotatable bonds is 6. The van der Waals surface area contributed by atoms with E-state index in [1.807, 2.05) is 36.4 Å². The number of nitrogens with zero attached hydrogens (tertiary/aromatic N) is 2.